The second kappa shape index (κ2) is 6.76. The lowest BCUT2D eigenvalue weighted by Crippen LogP contribution is -2.31. The molecule has 0 fully saturated rings. The van der Waals surface area contributed by atoms with Gasteiger partial charge in [0.05, 0.1) is 17.5 Å². The number of primary amides is 1. The Morgan fingerprint density at radius 1 is 1.38 bits per heavy atom. The monoisotopic (exact) mass is 351 g/mol. The van der Waals surface area contributed by atoms with Crippen LogP contribution in [0.1, 0.15) is 28.0 Å². The van der Waals surface area contributed by atoms with Crippen LogP contribution in [0.15, 0.2) is 41.3 Å². The quantitative estimate of drug-likeness (QED) is 0.642. The van der Waals surface area contributed by atoms with Crippen LogP contribution in [0.4, 0.5) is 0 Å². The van der Waals surface area contributed by atoms with Gasteiger partial charge in [-0.1, -0.05) is 18.2 Å². The van der Waals surface area contributed by atoms with Crippen molar-refractivity contribution in [2.45, 2.75) is 25.9 Å². The predicted molar refractivity (Wildman–Crippen MR) is 98.8 cm³/mol. The van der Waals surface area contributed by atoms with Crippen LogP contribution in [0.5, 0.6) is 0 Å². The van der Waals surface area contributed by atoms with Gasteiger partial charge in [-0.15, -0.1) is 0 Å². The van der Waals surface area contributed by atoms with Gasteiger partial charge in [0.1, 0.15) is 0 Å². The van der Waals surface area contributed by atoms with E-state index in [1.54, 1.807) is 6.20 Å². The SMILES string of the molecule is NC(=O)c1cnn2c1C[C@H](CNCc1cc3ccccc3[nH]c1=O)CC2. The number of nitrogens with zero attached hydrogens (tertiary/aromatic N) is 2. The third-order valence-electron chi connectivity index (χ3n) is 5.02. The maximum absolute atomic E-state index is 12.2. The zero-order valence-electron chi connectivity index (χ0n) is 14.4. The highest BCUT2D eigenvalue weighted by atomic mass is 16.1. The molecule has 1 aliphatic heterocycles. The first-order chi connectivity index (χ1) is 12.6. The molecule has 0 aliphatic carbocycles. The standard InChI is InChI=1S/C19H21N5O2/c20-18(25)15-11-22-24-6-5-12(7-17(15)24)9-21-10-14-8-13-3-1-2-4-16(13)23-19(14)26/h1-4,8,11-12,21H,5-7,9-10H2,(H2,20,25)(H,23,26)/t12-/m1/s1. The molecule has 4 rings (SSSR count). The summed E-state index contributed by atoms with van der Waals surface area (Å²) in [6.07, 6.45) is 3.30. The van der Waals surface area contributed by atoms with E-state index in [-0.39, 0.29) is 5.56 Å². The molecule has 0 bridgehead atoms. The fourth-order valence-corrected chi connectivity index (χ4v) is 3.61. The molecule has 0 unspecified atom stereocenters. The number of pyridine rings is 1. The average Bonchev–Trinajstić information content (AvgIpc) is 3.05. The van der Waals surface area contributed by atoms with Gasteiger partial charge < -0.3 is 16.0 Å². The highest BCUT2D eigenvalue weighted by molar-refractivity contribution is 5.93. The molecule has 4 N–H and O–H groups in total. The molecule has 0 saturated heterocycles. The number of nitrogens with one attached hydrogen (secondary N) is 2. The smallest absolute Gasteiger partial charge is 0.252 e. The van der Waals surface area contributed by atoms with E-state index in [9.17, 15) is 9.59 Å². The van der Waals surface area contributed by atoms with Gasteiger partial charge in [0.25, 0.3) is 11.5 Å². The van der Waals surface area contributed by atoms with Crippen molar-refractivity contribution >= 4 is 16.8 Å². The number of aryl methyl sites for hydroxylation is 1. The minimum Gasteiger partial charge on any atom is -0.365 e. The molecule has 3 heterocycles. The van der Waals surface area contributed by atoms with Crippen molar-refractivity contribution in [2.24, 2.45) is 11.7 Å². The van der Waals surface area contributed by atoms with Gasteiger partial charge >= 0.3 is 0 Å². The number of benzene rings is 1. The molecule has 0 saturated carbocycles. The molecular weight excluding hydrogens is 330 g/mol. The lowest BCUT2D eigenvalue weighted by atomic mass is 9.94. The number of nitrogens with two attached hydrogens (primary N) is 1. The van der Waals surface area contributed by atoms with E-state index >= 15 is 0 Å². The van der Waals surface area contributed by atoms with Gasteiger partial charge in [0.15, 0.2) is 0 Å². The Hall–Kier alpha value is -2.93. The Labute approximate surface area is 150 Å². The first-order valence-corrected chi connectivity index (χ1v) is 8.78. The highest BCUT2D eigenvalue weighted by Gasteiger charge is 2.24. The van der Waals surface area contributed by atoms with Crippen LogP contribution >= 0.6 is 0 Å². The second-order valence-electron chi connectivity index (χ2n) is 6.79. The van der Waals surface area contributed by atoms with Crippen molar-refractivity contribution in [3.05, 3.63) is 63.7 Å². The number of H-pyrrole nitrogens is 1. The third kappa shape index (κ3) is 3.13. The molecule has 1 amide bonds. The molecule has 26 heavy (non-hydrogen) atoms. The van der Waals surface area contributed by atoms with Crippen LogP contribution in [0.2, 0.25) is 0 Å². The molecule has 7 heteroatoms. The number of carbonyl (C=O) groups excluding carboxylic acids is 1. The van der Waals surface area contributed by atoms with Crippen molar-refractivity contribution < 1.29 is 4.79 Å². The predicted octanol–water partition coefficient (Wildman–Crippen LogP) is 1.18. The first kappa shape index (κ1) is 16.5. The number of amides is 1. The number of aromatic nitrogens is 3. The van der Waals surface area contributed by atoms with E-state index in [2.05, 4.69) is 15.4 Å². The summed E-state index contributed by atoms with van der Waals surface area (Å²) in [7, 11) is 0. The summed E-state index contributed by atoms with van der Waals surface area (Å²) < 4.78 is 1.87. The Morgan fingerprint density at radius 3 is 3.08 bits per heavy atom. The Balaban J connectivity index is 1.41. The molecule has 0 radical (unpaired) electrons. The zero-order valence-corrected chi connectivity index (χ0v) is 14.4. The summed E-state index contributed by atoms with van der Waals surface area (Å²) in [5.74, 6) is -0.0422. The fraction of sp³-hybridized carbons (Fsp3) is 0.316. The summed E-state index contributed by atoms with van der Waals surface area (Å²) in [6.45, 7) is 2.07. The summed E-state index contributed by atoms with van der Waals surface area (Å²) in [6, 6.07) is 9.68. The highest BCUT2D eigenvalue weighted by Crippen LogP contribution is 2.22. The van der Waals surface area contributed by atoms with E-state index in [0.717, 1.165) is 48.1 Å². The van der Waals surface area contributed by atoms with Gasteiger partial charge in [-0.2, -0.15) is 5.10 Å². The molecule has 1 atom stereocenters. The number of fused-ring (bicyclic) bond motifs is 2. The first-order valence-electron chi connectivity index (χ1n) is 8.78. The van der Waals surface area contributed by atoms with E-state index < -0.39 is 5.91 Å². The topological polar surface area (TPSA) is 106 Å². The molecule has 0 spiro atoms. The lowest BCUT2D eigenvalue weighted by molar-refractivity contribution is 0.0998. The zero-order chi connectivity index (χ0) is 18.1. The van der Waals surface area contributed by atoms with Crippen LogP contribution in [-0.2, 0) is 19.5 Å². The van der Waals surface area contributed by atoms with Gasteiger partial charge in [0.2, 0.25) is 0 Å². The van der Waals surface area contributed by atoms with Crippen molar-refractivity contribution in [3.8, 4) is 0 Å². The van der Waals surface area contributed by atoms with Crippen LogP contribution < -0.4 is 16.6 Å². The fourth-order valence-electron chi connectivity index (χ4n) is 3.61. The number of rotatable bonds is 5. The van der Waals surface area contributed by atoms with Crippen LogP contribution in [-0.4, -0.2) is 27.2 Å². The van der Waals surface area contributed by atoms with Crippen molar-refractivity contribution in [1.82, 2.24) is 20.1 Å². The molecule has 7 nitrogen and oxygen atoms in total. The number of hydrogen-bond acceptors (Lipinski definition) is 4. The summed E-state index contributed by atoms with van der Waals surface area (Å²) in [4.78, 5) is 26.6. The van der Waals surface area contributed by atoms with Crippen LogP contribution in [0, 0.1) is 5.92 Å². The summed E-state index contributed by atoms with van der Waals surface area (Å²) >= 11 is 0. The molecular formula is C19H21N5O2. The van der Waals surface area contributed by atoms with Crippen LogP contribution in [0.25, 0.3) is 10.9 Å². The third-order valence-corrected chi connectivity index (χ3v) is 5.02. The molecule has 1 aliphatic rings. The Bertz CT molecular complexity index is 1020. The molecule has 1 aromatic carbocycles. The van der Waals surface area contributed by atoms with Gasteiger partial charge in [-0.05, 0) is 42.8 Å². The molecule has 3 aromatic rings. The van der Waals surface area contributed by atoms with Crippen molar-refractivity contribution in [1.29, 1.82) is 0 Å². The number of hydrogen-bond donors (Lipinski definition) is 3. The van der Waals surface area contributed by atoms with E-state index in [4.69, 9.17) is 5.73 Å². The summed E-state index contributed by atoms with van der Waals surface area (Å²) in [5, 5.41) is 8.64. The minimum absolute atomic E-state index is 0.0612. The second-order valence-corrected chi connectivity index (χ2v) is 6.79. The maximum Gasteiger partial charge on any atom is 0.252 e. The minimum atomic E-state index is -0.428. The molecule has 2 aromatic heterocycles. The van der Waals surface area contributed by atoms with Crippen molar-refractivity contribution in [2.75, 3.05) is 6.54 Å². The summed E-state index contributed by atoms with van der Waals surface area (Å²) in [5.41, 5.74) is 8.36. The lowest BCUT2D eigenvalue weighted by Gasteiger charge is -2.24. The Kier molecular flexibility index (Phi) is 4.30. The average molecular weight is 351 g/mol. The largest absolute Gasteiger partial charge is 0.365 e. The Morgan fingerprint density at radius 2 is 2.23 bits per heavy atom. The number of aromatic amines is 1. The van der Waals surface area contributed by atoms with Gasteiger partial charge in [0, 0.05) is 24.2 Å². The molecule has 134 valence electrons. The maximum atomic E-state index is 12.2. The number of carbonyl (C=O) groups is 1. The normalized spacial score (nSPS) is 16.5. The van der Waals surface area contributed by atoms with E-state index in [1.807, 2.05) is 35.0 Å². The van der Waals surface area contributed by atoms with E-state index in [1.165, 1.54) is 0 Å². The van der Waals surface area contributed by atoms with Gasteiger partial charge in [-0.25, -0.2) is 0 Å². The van der Waals surface area contributed by atoms with Crippen molar-refractivity contribution in [3.63, 3.8) is 0 Å². The van der Waals surface area contributed by atoms with Gasteiger partial charge in [-0.3, -0.25) is 14.3 Å². The van der Waals surface area contributed by atoms with E-state index in [0.29, 0.717) is 18.0 Å². The van der Waals surface area contributed by atoms with Crippen LogP contribution in [0.3, 0.4) is 0 Å². The number of para-hydroxylation sites is 1.